The smallest absolute Gasteiger partial charge is 0.394 e. The first-order valence-corrected chi connectivity index (χ1v) is 7.02. The second-order valence-electron chi connectivity index (χ2n) is 6.34. The van der Waals surface area contributed by atoms with E-state index in [1.807, 2.05) is 0 Å². The Hall–Kier alpha value is -2.05. The topological polar surface area (TPSA) is 66.4 Å². The van der Waals surface area contributed by atoms with E-state index in [1.165, 1.54) is 6.92 Å². The summed E-state index contributed by atoms with van der Waals surface area (Å²) in [4.78, 5) is 23.3. The summed E-state index contributed by atoms with van der Waals surface area (Å²) < 4.78 is 38.4. The molecule has 2 N–H and O–H groups in total. The summed E-state index contributed by atoms with van der Waals surface area (Å²) in [6, 6.07) is 8.23. The van der Waals surface area contributed by atoms with Crippen LogP contribution >= 0.6 is 0 Å². The van der Waals surface area contributed by atoms with Gasteiger partial charge in [0.1, 0.15) is 5.41 Å². The van der Waals surface area contributed by atoms with Crippen molar-refractivity contribution in [2.24, 2.45) is 5.41 Å². The number of hydrogen-bond donors (Lipinski definition) is 2. The van der Waals surface area contributed by atoms with Gasteiger partial charge in [0, 0.05) is 13.0 Å². The fourth-order valence-electron chi connectivity index (χ4n) is 1.95. The third-order valence-electron chi connectivity index (χ3n) is 3.89. The van der Waals surface area contributed by atoms with E-state index >= 15 is 0 Å². The van der Waals surface area contributed by atoms with Crippen molar-refractivity contribution < 1.29 is 27.9 Å². The van der Waals surface area contributed by atoms with Crippen molar-refractivity contribution in [1.82, 2.24) is 5.32 Å². The lowest BCUT2D eigenvalue weighted by Gasteiger charge is -2.29. The SMILES string of the molecule is CC(CNC(=O)CC(C)(C)C(F)(F)F)(C(=O)O)c1ccccc1. The number of benzene rings is 1. The zero-order chi connectivity index (χ0) is 17.9. The fraction of sp³-hybridized carbons (Fsp3) is 0.500. The van der Waals surface area contributed by atoms with Gasteiger partial charge in [-0.2, -0.15) is 13.2 Å². The normalized spacial score (nSPS) is 14.9. The summed E-state index contributed by atoms with van der Waals surface area (Å²) in [7, 11) is 0. The quantitative estimate of drug-likeness (QED) is 0.842. The van der Waals surface area contributed by atoms with Gasteiger partial charge in [-0.05, 0) is 12.5 Å². The average Bonchev–Trinajstić information content (AvgIpc) is 2.43. The van der Waals surface area contributed by atoms with E-state index in [4.69, 9.17) is 0 Å². The Morgan fingerprint density at radius 1 is 1.09 bits per heavy atom. The molecule has 0 saturated heterocycles. The Balaban J connectivity index is 2.82. The molecule has 0 aliphatic rings. The van der Waals surface area contributed by atoms with Crippen LogP contribution in [0.2, 0.25) is 0 Å². The second kappa shape index (κ2) is 6.60. The number of carbonyl (C=O) groups excluding carboxylic acids is 1. The fourth-order valence-corrected chi connectivity index (χ4v) is 1.95. The highest BCUT2D eigenvalue weighted by atomic mass is 19.4. The van der Waals surface area contributed by atoms with Crippen LogP contribution in [0.3, 0.4) is 0 Å². The molecule has 0 radical (unpaired) electrons. The summed E-state index contributed by atoms with van der Waals surface area (Å²) in [5.41, 5.74) is -3.13. The van der Waals surface area contributed by atoms with Crippen molar-refractivity contribution in [2.45, 2.75) is 38.8 Å². The van der Waals surface area contributed by atoms with Gasteiger partial charge in [0.25, 0.3) is 0 Å². The maximum Gasteiger partial charge on any atom is 0.394 e. The molecule has 1 aromatic carbocycles. The monoisotopic (exact) mass is 331 g/mol. The minimum Gasteiger partial charge on any atom is -0.481 e. The van der Waals surface area contributed by atoms with Crippen molar-refractivity contribution in [3.8, 4) is 0 Å². The van der Waals surface area contributed by atoms with E-state index in [1.54, 1.807) is 30.3 Å². The number of carboxylic acid groups (broad SMARTS) is 1. The molecule has 1 atom stereocenters. The van der Waals surface area contributed by atoms with Crippen molar-refractivity contribution in [3.05, 3.63) is 35.9 Å². The van der Waals surface area contributed by atoms with Crippen LogP contribution in [0.5, 0.6) is 0 Å². The lowest BCUT2D eigenvalue weighted by Crippen LogP contribution is -2.46. The molecule has 0 aliphatic heterocycles. The first-order chi connectivity index (χ1) is 10.4. The Labute approximate surface area is 132 Å². The number of carboxylic acids is 1. The molecule has 1 rings (SSSR count). The Morgan fingerprint density at radius 2 is 1.61 bits per heavy atom. The van der Waals surface area contributed by atoms with Gasteiger partial charge in [-0.25, -0.2) is 0 Å². The van der Waals surface area contributed by atoms with E-state index in [0.717, 1.165) is 13.8 Å². The maximum absolute atomic E-state index is 12.8. The Bertz CT molecular complexity index is 570. The summed E-state index contributed by atoms with van der Waals surface area (Å²) in [6.45, 7) is 2.99. The van der Waals surface area contributed by atoms with Crippen molar-refractivity contribution in [2.75, 3.05) is 6.54 Å². The molecule has 0 heterocycles. The van der Waals surface area contributed by atoms with E-state index < -0.39 is 35.3 Å². The van der Waals surface area contributed by atoms with Crippen LogP contribution in [0.4, 0.5) is 13.2 Å². The van der Waals surface area contributed by atoms with Gasteiger partial charge in [0.05, 0.1) is 5.41 Å². The minimum atomic E-state index is -4.51. The number of amides is 1. The van der Waals surface area contributed by atoms with Crippen LogP contribution in [0.15, 0.2) is 30.3 Å². The van der Waals surface area contributed by atoms with Crippen molar-refractivity contribution in [1.29, 1.82) is 0 Å². The molecule has 0 aliphatic carbocycles. The molecule has 0 aromatic heterocycles. The standard InChI is InChI=1S/C16H20F3NO3/c1-14(2,16(17,18)19)9-12(21)20-10-15(3,13(22)23)11-7-5-4-6-8-11/h4-8H,9-10H2,1-3H3,(H,20,21)(H,22,23). The molecule has 0 fully saturated rings. The lowest BCUT2D eigenvalue weighted by molar-refractivity contribution is -0.213. The summed E-state index contributed by atoms with van der Waals surface area (Å²) in [5, 5.41) is 11.7. The van der Waals surface area contributed by atoms with Gasteiger partial charge in [0.2, 0.25) is 5.91 Å². The highest BCUT2D eigenvalue weighted by Gasteiger charge is 2.48. The van der Waals surface area contributed by atoms with Crippen LogP contribution in [-0.4, -0.2) is 29.7 Å². The third-order valence-corrected chi connectivity index (χ3v) is 3.89. The lowest BCUT2D eigenvalue weighted by atomic mass is 9.82. The Morgan fingerprint density at radius 3 is 2.04 bits per heavy atom. The zero-order valence-corrected chi connectivity index (χ0v) is 13.2. The van der Waals surface area contributed by atoms with Crippen LogP contribution in [0.1, 0.15) is 32.8 Å². The number of aliphatic carboxylic acids is 1. The number of alkyl halides is 3. The van der Waals surface area contributed by atoms with Gasteiger partial charge >= 0.3 is 12.1 Å². The molecule has 0 bridgehead atoms. The highest BCUT2D eigenvalue weighted by molar-refractivity contribution is 5.83. The number of nitrogens with one attached hydrogen (secondary N) is 1. The van der Waals surface area contributed by atoms with E-state index in [0.29, 0.717) is 5.56 Å². The first-order valence-electron chi connectivity index (χ1n) is 7.02. The molecule has 4 nitrogen and oxygen atoms in total. The zero-order valence-electron chi connectivity index (χ0n) is 13.2. The summed E-state index contributed by atoms with van der Waals surface area (Å²) >= 11 is 0. The van der Waals surface area contributed by atoms with E-state index in [2.05, 4.69) is 5.32 Å². The van der Waals surface area contributed by atoms with Gasteiger partial charge in [-0.1, -0.05) is 44.2 Å². The van der Waals surface area contributed by atoms with Crippen molar-refractivity contribution >= 4 is 11.9 Å². The van der Waals surface area contributed by atoms with Crippen molar-refractivity contribution in [3.63, 3.8) is 0 Å². The summed E-state index contributed by atoms with van der Waals surface area (Å²) in [5.74, 6) is -2.00. The van der Waals surface area contributed by atoms with Gasteiger partial charge in [-0.15, -0.1) is 0 Å². The van der Waals surface area contributed by atoms with Gasteiger partial charge in [0.15, 0.2) is 0 Å². The number of halogens is 3. The highest BCUT2D eigenvalue weighted by Crippen LogP contribution is 2.40. The maximum atomic E-state index is 12.8. The van der Waals surface area contributed by atoms with E-state index in [9.17, 15) is 27.9 Å². The largest absolute Gasteiger partial charge is 0.481 e. The second-order valence-corrected chi connectivity index (χ2v) is 6.34. The average molecular weight is 331 g/mol. The Kier molecular flexibility index (Phi) is 5.45. The molecule has 1 unspecified atom stereocenters. The van der Waals surface area contributed by atoms with Crippen LogP contribution in [-0.2, 0) is 15.0 Å². The predicted molar refractivity (Wildman–Crippen MR) is 78.9 cm³/mol. The third kappa shape index (κ3) is 4.46. The number of rotatable bonds is 6. The van der Waals surface area contributed by atoms with Crippen LogP contribution in [0, 0.1) is 5.41 Å². The summed E-state index contributed by atoms with van der Waals surface area (Å²) in [6.07, 6.45) is -5.28. The predicted octanol–water partition coefficient (Wildman–Crippen LogP) is 3.12. The van der Waals surface area contributed by atoms with Crippen LogP contribution < -0.4 is 5.32 Å². The molecule has 0 spiro atoms. The molecule has 1 aromatic rings. The molecule has 23 heavy (non-hydrogen) atoms. The number of hydrogen-bond acceptors (Lipinski definition) is 2. The molecular formula is C16H20F3NO3. The molecule has 128 valence electrons. The van der Waals surface area contributed by atoms with Gasteiger partial charge in [-0.3, -0.25) is 9.59 Å². The number of carbonyl (C=O) groups is 2. The molecular weight excluding hydrogens is 311 g/mol. The molecule has 1 amide bonds. The minimum absolute atomic E-state index is 0.293. The molecule has 0 saturated carbocycles. The first kappa shape index (κ1) is 19.0. The van der Waals surface area contributed by atoms with Crippen LogP contribution in [0.25, 0.3) is 0 Å². The molecule has 7 heteroatoms. The van der Waals surface area contributed by atoms with E-state index in [-0.39, 0.29) is 6.54 Å². The van der Waals surface area contributed by atoms with Gasteiger partial charge < -0.3 is 10.4 Å².